The van der Waals surface area contributed by atoms with Crippen molar-refractivity contribution in [1.29, 1.82) is 0 Å². The van der Waals surface area contributed by atoms with E-state index in [2.05, 4.69) is 33.0 Å². The molecule has 2 rings (SSSR count). The average Bonchev–Trinajstić information content (AvgIpc) is 2.63. The Hall–Kier alpha value is -0.0800. The largest absolute Gasteiger partial charge is 0.377 e. The van der Waals surface area contributed by atoms with E-state index in [0.29, 0.717) is 23.0 Å². The average molecular weight is 281 g/mol. The molecule has 0 radical (unpaired) electrons. The van der Waals surface area contributed by atoms with Crippen molar-refractivity contribution >= 4 is 0 Å². The molecule has 20 heavy (non-hydrogen) atoms. The highest BCUT2D eigenvalue weighted by Crippen LogP contribution is 2.52. The predicted octanol–water partition coefficient (Wildman–Crippen LogP) is 4.53. The van der Waals surface area contributed by atoms with Crippen molar-refractivity contribution in [2.75, 3.05) is 13.2 Å². The first-order valence-electron chi connectivity index (χ1n) is 8.83. The molecule has 0 aromatic carbocycles. The van der Waals surface area contributed by atoms with E-state index in [1.165, 1.54) is 51.4 Å². The Kier molecular flexibility index (Phi) is 5.53. The van der Waals surface area contributed by atoms with Crippen molar-refractivity contribution in [3.63, 3.8) is 0 Å². The summed E-state index contributed by atoms with van der Waals surface area (Å²) in [5.41, 5.74) is 0.853. The van der Waals surface area contributed by atoms with Crippen LogP contribution in [0.15, 0.2) is 0 Å². The quantitative estimate of drug-likeness (QED) is 0.799. The molecule has 2 aliphatic rings. The molecule has 2 fully saturated rings. The minimum atomic E-state index is 0.390. The van der Waals surface area contributed by atoms with Gasteiger partial charge in [0.05, 0.1) is 6.10 Å². The van der Waals surface area contributed by atoms with Crippen molar-refractivity contribution in [3.8, 4) is 0 Å². The van der Waals surface area contributed by atoms with Gasteiger partial charge in [0.15, 0.2) is 0 Å². The molecule has 0 amide bonds. The topological polar surface area (TPSA) is 21.3 Å². The Morgan fingerprint density at radius 3 is 2.30 bits per heavy atom. The number of nitrogens with one attached hydrogen (secondary N) is 1. The van der Waals surface area contributed by atoms with Gasteiger partial charge in [0.2, 0.25) is 0 Å². The summed E-state index contributed by atoms with van der Waals surface area (Å²) in [6, 6.07) is 0.713. The molecule has 2 saturated carbocycles. The third-order valence-corrected chi connectivity index (χ3v) is 5.44. The van der Waals surface area contributed by atoms with Crippen LogP contribution < -0.4 is 5.32 Å². The first kappa shape index (κ1) is 16.3. The summed E-state index contributed by atoms with van der Waals surface area (Å²) in [7, 11) is 0. The molecule has 2 unspecified atom stereocenters. The third kappa shape index (κ3) is 3.76. The minimum Gasteiger partial charge on any atom is -0.377 e. The number of hydrogen-bond acceptors (Lipinski definition) is 2. The lowest BCUT2D eigenvalue weighted by Crippen LogP contribution is -2.63. The number of ether oxygens (including phenoxy) is 1. The zero-order chi connectivity index (χ0) is 14.6. The molecule has 2 aliphatic carbocycles. The lowest BCUT2D eigenvalue weighted by molar-refractivity contribution is -0.146. The van der Waals surface area contributed by atoms with Crippen LogP contribution in [0, 0.1) is 10.8 Å². The van der Waals surface area contributed by atoms with Gasteiger partial charge in [-0.15, -0.1) is 0 Å². The highest BCUT2D eigenvalue weighted by molar-refractivity contribution is 5.08. The Morgan fingerprint density at radius 1 is 1.10 bits per heavy atom. The zero-order valence-electron chi connectivity index (χ0n) is 14.1. The van der Waals surface area contributed by atoms with Gasteiger partial charge < -0.3 is 10.1 Å². The van der Waals surface area contributed by atoms with Crippen LogP contribution in [0.2, 0.25) is 0 Å². The zero-order valence-corrected chi connectivity index (χ0v) is 14.1. The maximum Gasteiger partial charge on any atom is 0.0661 e. The maximum absolute atomic E-state index is 6.34. The fourth-order valence-electron chi connectivity index (χ4n) is 4.08. The van der Waals surface area contributed by atoms with Gasteiger partial charge in [0.25, 0.3) is 0 Å². The van der Waals surface area contributed by atoms with Crippen LogP contribution >= 0.6 is 0 Å². The van der Waals surface area contributed by atoms with Crippen molar-refractivity contribution in [3.05, 3.63) is 0 Å². The first-order chi connectivity index (χ1) is 9.48. The number of rotatable bonds is 5. The van der Waals surface area contributed by atoms with E-state index in [4.69, 9.17) is 4.74 Å². The second kappa shape index (κ2) is 6.79. The smallest absolute Gasteiger partial charge is 0.0661 e. The van der Waals surface area contributed by atoms with E-state index >= 15 is 0 Å². The van der Waals surface area contributed by atoms with Crippen LogP contribution in [0.3, 0.4) is 0 Å². The van der Waals surface area contributed by atoms with Crippen LogP contribution in [-0.2, 0) is 4.74 Å². The first-order valence-corrected chi connectivity index (χ1v) is 8.83. The SMILES string of the molecule is CCNC1CC(OCCC(C)(C)C)C12CCCCCC2. The molecule has 2 nitrogen and oxygen atoms in total. The van der Waals surface area contributed by atoms with Crippen LogP contribution in [-0.4, -0.2) is 25.3 Å². The second-order valence-electron chi connectivity index (χ2n) is 8.16. The minimum absolute atomic E-state index is 0.390. The second-order valence-corrected chi connectivity index (χ2v) is 8.16. The standard InChI is InChI=1S/C18H35NO/c1-5-19-15-14-16(20-13-12-17(2,3)4)18(15)10-8-6-7-9-11-18/h15-16,19H,5-14H2,1-4H3. The van der Waals surface area contributed by atoms with Crippen molar-refractivity contribution in [2.45, 2.75) is 91.2 Å². The van der Waals surface area contributed by atoms with Crippen molar-refractivity contribution in [1.82, 2.24) is 5.32 Å². The lowest BCUT2D eigenvalue weighted by atomic mass is 9.57. The van der Waals surface area contributed by atoms with Gasteiger partial charge in [-0.2, -0.15) is 0 Å². The molecule has 0 aromatic rings. The highest BCUT2D eigenvalue weighted by Gasteiger charge is 2.54. The van der Waals surface area contributed by atoms with Gasteiger partial charge in [0.1, 0.15) is 0 Å². The summed E-state index contributed by atoms with van der Waals surface area (Å²) in [6.07, 6.45) is 11.3. The summed E-state index contributed by atoms with van der Waals surface area (Å²) in [6.45, 7) is 11.2. The molecule has 0 heterocycles. The molecule has 0 aromatic heterocycles. The van der Waals surface area contributed by atoms with Gasteiger partial charge in [-0.1, -0.05) is 53.4 Å². The molecule has 1 spiro atoms. The molecular formula is C18H35NO. The molecule has 0 aliphatic heterocycles. The highest BCUT2D eigenvalue weighted by atomic mass is 16.5. The molecule has 0 bridgehead atoms. The summed E-state index contributed by atoms with van der Waals surface area (Å²) < 4.78 is 6.34. The molecular weight excluding hydrogens is 246 g/mol. The van der Waals surface area contributed by atoms with E-state index in [1.54, 1.807) is 0 Å². The Morgan fingerprint density at radius 2 is 1.75 bits per heavy atom. The normalized spacial score (nSPS) is 30.0. The summed E-state index contributed by atoms with van der Waals surface area (Å²) in [5, 5.41) is 3.73. The molecule has 1 N–H and O–H groups in total. The van der Waals surface area contributed by atoms with Crippen molar-refractivity contribution in [2.24, 2.45) is 10.8 Å². The van der Waals surface area contributed by atoms with Crippen LogP contribution in [0.1, 0.15) is 79.1 Å². The van der Waals surface area contributed by atoms with E-state index in [-0.39, 0.29) is 0 Å². The van der Waals surface area contributed by atoms with Gasteiger partial charge in [-0.3, -0.25) is 0 Å². The van der Waals surface area contributed by atoms with E-state index < -0.39 is 0 Å². The lowest BCUT2D eigenvalue weighted by Gasteiger charge is -2.56. The van der Waals surface area contributed by atoms with Gasteiger partial charge in [-0.05, 0) is 37.6 Å². The summed E-state index contributed by atoms with van der Waals surface area (Å²) >= 11 is 0. The molecule has 2 atom stereocenters. The van der Waals surface area contributed by atoms with Gasteiger partial charge in [0, 0.05) is 18.1 Å². The number of hydrogen-bond donors (Lipinski definition) is 1. The fraction of sp³-hybridized carbons (Fsp3) is 1.00. The molecule has 0 saturated heterocycles. The Balaban J connectivity index is 1.91. The molecule has 118 valence electrons. The Labute approximate surface area is 126 Å². The third-order valence-electron chi connectivity index (χ3n) is 5.44. The van der Waals surface area contributed by atoms with Crippen LogP contribution in [0.25, 0.3) is 0 Å². The maximum atomic E-state index is 6.34. The summed E-state index contributed by atoms with van der Waals surface area (Å²) in [4.78, 5) is 0. The predicted molar refractivity (Wildman–Crippen MR) is 86.0 cm³/mol. The van der Waals surface area contributed by atoms with Crippen molar-refractivity contribution < 1.29 is 4.74 Å². The Bertz CT molecular complexity index is 286. The van der Waals surface area contributed by atoms with Gasteiger partial charge >= 0.3 is 0 Å². The monoisotopic (exact) mass is 281 g/mol. The van der Waals surface area contributed by atoms with E-state index in [9.17, 15) is 0 Å². The fourth-order valence-corrected chi connectivity index (χ4v) is 4.08. The van der Waals surface area contributed by atoms with Crippen LogP contribution in [0.5, 0.6) is 0 Å². The summed E-state index contributed by atoms with van der Waals surface area (Å²) in [5.74, 6) is 0. The molecule has 2 heteroatoms. The van der Waals surface area contributed by atoms with E-state index in [0.717, 1.165) is 13.2 Å². The van der Waals surface area contributed by atoms with Crippen LogP contribution in [0.4, 0.5) is 0 Å². The van der Waals surface area contributed by atoms with Gasteiger partial charge in [-0.25, -0.2) is 0 Å². The van der Waals surface area contributed by atoms with E-state index in [1.807, 2.05) is 0 Å².